The van der Waals surface area contributed by atoms with Gasteiger partial charge >= 0.3 is 0 Å². The molecule has 16 heavy (non-hydrogen) atoms. The van der Waals surface area contributed by atoms with Crippen LogP contribution in [0.3, 0.4) is 0 Å². The zero-order valence-corrected chi connectivity index (χ0v) is 11.1. The van der Waals surface area contributed by atoms with Crippen molar-refractivity contribution in [3.8, 4) is 5.75 Å². The van der Waals surface area contributed by atoms with E-state index in [1.54, 1.807) is 16.7 Å². The smallest absolute Gasteiger partial charge is 0.261 e. The first-order valence-electron chi connectivity index (χ1n) is 4.90. The second kappa shape index (κ2) is 4.04. The quantitative estimate of drug-likeness (QED) is 0.817. The van der Waals surface area contributed by atoms with Gasteiger partial charge in [-0.2, -0.15) is 0 Å². The van der Waals surface area contributed by atoms with Gasteiger partial charge in [-0.15, -0.1) is 0 Å². The molecule has 0 atom stereocenters. The van der Waals surface area contributed by atoms with Crippen LogP contribution in [0.5, 0.6) is 5.75 Å². The average molecular weight is 330 g/mol. The minimum absolute atomic E-state index is 0.0609. The van der Waals surface area contributed by atoms with E-state index in [-0.39, 0.29) is 17.4 Å². The van der Waals surface area contributed by atoms with Crippen LogP contribution in [0.25, 0.3) is 10.9 Å². The van der Waals surface area contributed by atoms with E-state index in [1.165, 1.54) is 6.33 Å². The Morgan fingerprint density at radius 3 is 2.75 bits per heavy atom. The molecule has 0 fully saturated rings. The highest BCUT2D eigenvalue weighted by Gasteiger charge is 2.11. The monoisotopic (exact) mass is 330 g/mol. The van der Waals surface area contributed by atoms with E-state index in [0.717, 1.165) is 0 Å². The standard InChI is InChI=1S/C11H11IN2O2/c1-6(2)14-5-13-9-7(11(14)16)3-4-8(12)10(9)15/h3-6,15H,1-2H3. The maximum Gasteiger partial charge on any atom is 0.261 e. The first-order chi connectivity index (χ1) is 7.52. The molecule has 4 nitrogen and oxygen atoms in total. The Morgan fingerprint density at radius 1 is 1.44 bits per heavy atom. The number of rotatable bonds is 1. The molecule has 0 aliphatic carbocycles. The van der Waals surface area contributed by atoms with Crippen molar-refractivity contribution in [3.05, 3.63) is 32.4 Å². The molecule has 84 valence electrons. The molecule has 1 aromatic carbocycles. The fraction of sp³-hybridized carbons (Fsp3) is 0.273. The number of phenols is 1. The third kappa shape index (κ3) is 1.68. The number of halogens is 1. The van der Waals surface area contributed by atoms with Crippen LogP contribution >= 0.6 is 22.6 Å². The molecule has 2 aromatic rings. The molecule has 0 unspecified atom stereocenters. The minimum atomic E-state index is -0.119. The third-order valence-corrected chi connectivity index (χ3v) is 3.30. The number of hydrogen-bond donors (Lipinski definition) is 1. The molecule has 0 saturated carbocycles. The fourth-order valence-corrected chi connectivity index (χ4v) is 1.97. The highest BCUT2D eigenvalue weighted by Crippen LogP contribution is 2.26. The van der Waals surface area contributed by atoms with Gasteiger partial charge in [0.15, 0.2) is 5.75 Å². The molecule has 0 aliphatic rings. The lowest BCUT2D eigenvalue weighted by Gasteiger charge is -2.10. The van der Waals surface area contributed by atoms with Crippen LogP contribution in [0, 0.1) is 3.57 Å². The predicted octanol–water partition coefficient (Wildman–Crippen LogP) is 2.29. The maximum atomic E-state index is 12.0. The summed E-state index contributed by atoms with van der Waals surface area (Å²) in [6, 6.07) is 3.47. The van der Waals surface area contributed by atoms with Gasteiger partial charge in [0.1, 0.15) is 5.52 Å². The molecule has 0 saturated heterocycles. The van der Waals surface area contributed by atoms with Crippen molar-refractivity contribution in [2.75, 3.05) is 0 Å². The number of hydrogen-bond acceptors (Lipinski definition) is 3. The van der Waals surface area contributed by atoms with Crippen molar-refractivity contribution in [3.63, 3.8) is 0 Å². The lowest BCUT2D eigenvalue weighted by atomic mass is 10.2. The van der Waals surface area contributed by atoms with Crippen molar-refractivity contribution in [2.45, 2.75) is 19.9 Å². The molecule has 0 spiro atoms. The van der Waals surface area contributed by atoms with Gasteiger partial charge < -0.3 is 5.11 Å². The van der Waals surface area contributed by atoms with Crippen molar-refractivity contribution >= 4 is 33.5 Å². The van der Waals surface area contributed by atoms with Crippen LogP contribution in [0.15, 0.2) is 23.3 Å². The summed E-state index contributed by atoms with van der Waals surface area (Å²) >= 11 is 2.01. The number of benzene rings is 1. The SMILES string of the molecule is CC(C)n1cnc2c(O)c(I)ccc2c1=O. The van der Waals surface area contributed by atoms with Gasteiger partial charge in [-0.25, -0.2) is 4.98 Å². The van der Waals surface area contributed by atoms with Gasteiger partial charge in [0.05, 0.1) is 15.3 Å². The molecule has 1 N–H and O–H groups in total. The normalized spacial score (nSPS) is 11.2. The maximum absolute atomic E-state index is 12.0. The molecule has 0 amide bonds. The molecular weight excluding hydrogens is 319 g/mol. The van der Waals surface area contributed by atoms with Crippen molar-refractivity contribution < 1.29 is 5.11 Å². The molecule has 0 aliphatic heterocycles. The lowest BCUT2D eigenvalue weighted by molar-refractivity contribution is 0.475. The Balaban J connectivity index is 2.88. The Bertz CT molecular complexity index is 605. The number of nitrogens with zero attached hydrogens (tertiary/aromatic N) is 2. The summed E-state index contributed by atoms with van der Waals surface area (Å²) < 4.78 is 2.24. The number of fused-ring (bicyclic) bond motifs is 1. The summed E-state index contributed by atoms with van der Waals surface area (Å²) in [5.41, 5.74) is 0.250. The van der Waals surface area contributed by atoms with Crippen LogP contribution in [0.2, 0.25) is 0 Å². The van der Waals surface area contributed by atoms with E-state index in [2.05, 4.69) is 4.98 Å². The van der Waals surface area contributed by atoms with Crippen LogP contribution in [0.4, 0.5) is 0 Å². The second-order valence-corrected chi connectivity index (χ2v) is 5.01. The van der Waals surface area contributed by atoms with E-state index < -0.39 is 0 Å². The largest absolute Gasteiger partial charge is 0.505 e. The Labute approximate surface area is 106 Å². The van der Waals surface area contributed by atoms with Crippen LogP contribution in [-0.2, 0) is 0 Å². The summed E-state index contributed by atoms with van der Waals surface area (Å²) in [6.45, 7) is 3.84. The van der Waals surface area contributed by atoms with Gasteiger partial charge in [-0.3, -0.25) is 9.36 Å². The molecule has 2 rings (SSSR count). The lowest BCUT2D eigenvalue weighted by Crippen LogP contribution is -2.22. The minimum Gasteiger partial charge on any atom is -0.505 e. The van der Waals surface area contributed by atoms with E-state index in [4.69, 9.17) is 0 Å². The predicted molar refractivity (Wildman–Crippen MR) is 70.8 cm³/mol. The first kappa shape index (κ1) is 11.4. The summed E-state index contributed by atoms with van der Waals surface area (Å²) in [6.07, 6.45) is 1.48. The van der Waals surface area contributed by atoms with E-state index in [1.807, 2.05) is 36.4 Å². The third-order valence-electron chi connectivity index (χ3n) is 2.43. The van der Waals surface area contributed by atoms with Gasteiger partial charge in [0.2, 0.25) is 0 Å². The zero-order valence-electron chi connectivity index (χ0n) is 8.94. The molecular formula is C11H11IN2O2. The van der Waals surface area contributed by atoms with Crippen LogP contribution in [-0.4, -0.2) is 14.7 Å². The molecule has 1 heterocycles. The first-order valence-corrected chi connectivity index (χ1v) is 5.98. The van der Waals surface area contributed by atoms with Crippen molar-refractivity contribution in [1.82, 2.24) is 9.55 Å². The van der Waals surface area contributed by atoms with Crippen molar-refractivity contribution in [1.29, 1.82) is 0 Å². The second-order valence-electron chi connectivity index (χ2n) is 3.84. The molecule has 5 heteroatoms. The van der Waals surface area contributed by atoms with E-state index in [0.29, 0.717) is 14.5 Å². The number of aromatic hydroxyl groups is 1. The highest BCUT2D eigenvalue weighted by molar-refractivity contribution is 14.1. The Hall–Kier alpha value is -1.11. The Kier molecular flexibility index (Phi) is 2.88. The molecule has 1 aromatic heterocycles. The summed E-state index contributed by atoms with van der Waals surface area (Å²) in [5.74, 6) is 0.0751. The zero-order chi connectivity index (χ0) is 11.9. The summed E-state index contributed by atoms with van der Waals surface area (Å²) in [7, 11) is 0. The fourth-order valence-electron chi connectivity index (χ4n) is 1.54. The van der Waals surface area contributed by atoms with Crippen molar-refractivity contribution in [2.24, 2.45) is 0 Å². The van der Waals surface area contributed by atoms with Gasteiger partial charge in [0.25, 0.3) is 5.56 Å². The molecule has 0 bridgehead atoms. The number of phenolic OH excluding ortho intramolecular Hbond substituents is 1. The van der Waals surface area contributed by atoms with Crippen LogP contribution in [0.1, 0.15) is 19.9 Å². The van der Waals surface area contributed by atoms with Crippen LogP contribution < -0.4 is 5.56 Å². The summed E-state index contributed by atoms with van der Waals surface area (Å²) in [5, 5.41) is 10.2. The van der Waals surface area contributed by atoms with Gasteiger partial charge in [0, 0.05) is 6.04 Å². The Morgan fingerprint density at radius 2 is 2.12 bits per heavy atom. The topological polar surface area (TPSA) is 55.1 Å². The highest BCUT2D eigenvalue weighted by atomic mass is 127. The van der Waals surface area contributed by atoms with E-state index in [9.17, 15) is 9.90 Å². The average Bonchev–Trinajstić information content (AvgIpc) is 2.23. The van der Waals surface area contributed by atoms with Gasteiger partial charge in [-0.05, 0) is 48.6 Å². The molecule has 0 radical (unpaired) electrons. The van der Waals surface area contributed by atoms with Gasteiger partial charge in [-0.1, -0.05) is 0 Å². The summed E-state index contributed by atoms with van der Waals surface area (Å²) in [4.78, 5) is 16.2. The van der Waals surface area contributed by atoms with E-state index >= 15 is 0 Å². The number of aromatic nitrogens is 2.